The summed E-state index contributed by atoms with van der Waals surface area (Å²) >= 11 is -1.95. The Morgan fingerprint density at radius 2 is 1.94 bits per heavy atom. The number of unbranched alkanes of at least 4 members (excludes halogenated alkanes) is 3. The second-order valence-electron chi connectivity index (χ2n) is 10.0. The zero-order valence-electron chi connectivity index (χ0n) is 21.6. The molecule has 0 spiro atoms. The van der Waals surface area contributed by atoms with Crippen molar-refractivity contribution in [1.29, 1.82) is 0 Å². The molecule has 1 aliphatic carbocycles. The topological polar surface area (TPSA) is 95.0 Å². The number of amides is 1. The van der Waals surface area contributed by atoms with E-state index in [1.807, 2.05) is 16.4 Å². The fraction of sp³-hybridized carbons (Fsp3) is 0.704. The maximum Gasteiger partial charge on any atom is 0.243 e. The van der Waals surface area contributed by atoms with Gasteiger partial charge >= 0.3 is 0 Å². The Morgan fingerprint density at radius 1 is 1.17 bits per heavy atom. The minimum Gasteiger partial charge on any atom is -0.379 e. The molecule has 1 amide bonds. The van der Waals surface area contributed by atoms with Gasteiger partial charge in [0.2, 0.25) is 17.2 Å². The van der Waals surface area contributed by atoms with Gasteiger partial charge in [0.1, 0.15) is 0 Å². The summed E-state index contributed by atoms with van der Waals surface area (Å²) in [7, 11) is 0. The average molecular weight is 521 g/mol. The Bertz CT molecular complexity index is 811. The number of carbonyl (C=O) groups is 1. The van der Waals surface area contributed by atoms with Crippen LogP contribution in [0.25, 0.3) is 6.08 Å². The van der Waals surface area contributed by atoms with Gasteiger partial charge in [0.05, 0.1) is 13.2 Å². The van der Waals surface area contributed by atoms with Crippen molar-refractivity contribution >= 4 is 23.2 Å². The van der Waals surface area contributed by atoms with Crippen LogP contribution < -0.4 is 5.32 Å². The van der Waals surface area contributed by atoms with E-state index >= 15 is 0 Å². The molecule has 0 bridgehead atoms. The third-order valence-electron chi connectivity index (χ3n) is 7.42. The highest BCUT2D eigenvalue weighted by Gasteiger charge is 2.40. The van der Waals surface area contributed by atoms with E-state index in [1.54, 1.807) is 18.5 Å². The van der Waals surface area contributed by atoms with Gasteiger partial charge in [0.15, 0.2) is 0 Å². The van der Waals surface area contributed by atoms with Crippen molar-refractivity contribution < 1.29 is 18.3 Å². The van der Waals surface area contributed by atoms with Crippen molar-refractivity contribution in [2.24, 2.45) is 0 Å². The highest BCUT2D eigenvalue weighted by Crippen LogP contribution is 2.38. The Morgan fingerprint density at radius 3 is 2.67 bits per heavy atom. The van der Waals surface area contributed by atoms with Gasteiger partial charge in [0, 0.05) is 50.2 Å². The molecule has 1 saturated carbocycles. The highest BCUT2D eigenvalue weighted by atomic mass is 32.2. The summed E-state index contributed by atoms with van der Waals surface area (Å²) in [6.07, 6.45) is 18.1. The molecule has 1 saturated heterocycles. The number of pyridine rings is 1. The van der Waals surface area contributed by atoms with Crippen molar-refractivity contribution in [3.05, 3.63) is 36.2 Å². The van der Waals surface area contributed by atoms with Gasteiger partial charge in [-0.25, -0.2) is 4.21 Å². The summed E-state index contributed by atoms with van der Waals surface area (Å²) in [4.78, 5) is 18.5. The van der Waals surface area contributed by atoms with Crippen LogP contribution in [0.2, 0.25) is 0 Å². The summed E-state index contributed by atoms with van der Waals surface area (Å²) in [5.41, 5.74) is 0.744. The SMILES string of the molecule is O=C(/C=C/c1cccnc1)NCCCCCCN(S(=O)O)C1(CCCN2CCOCC2)CCCCC1. The third-order valence-corrected chi connectivity index (χ3v) is 8.37. The predicted octanol–water partition coefficient (Wildman–Crippen LogP) is 4.03. The first-order chi connectivity index (χ1) is 17.6. The number of hydrogen-bond acceptors (Lipinski definition) is 5. The van der Waals surface area contributed by atoms with Gasteiger partial charge in [0.25, 0.3) is 0 Å². The lowest BCUT2D eigenvalue weighted by Crippen LogP contribution is -2.51. The molecule has 1 aromatic rings. The van der Waals surface area contributed by atoms with Crippen LogP contribution >= 0.6 is 0 Å². The second kappa shape index (κ2) is 16.2. The van der Waals surface area contributed by atoms with Crippen molar-refractivity contribution in [3.8, 4) is 0 Å². The molecule has 2 aliphatic rings. The van der Waals surface area contributed by atoms with E-state index in [0.717, 1.165) is 103 Å². The first-order valence-electron chi connectivity index (χ1n) is 13.6. The Balaban J connectivity index is 1.36. The summed E-state index contributed by atoms with van der Waals surface area (Å²) < 4.78 is 30.0. The van der Waals surface area contributed by atoms with Crippen LogP contribution in [-0.2, 0) is 20.8 Å². The molecule has 3 rings (SSSR count). The van der Waals surface area contributed by atoms with Crippen molar-refractivity contribution in [2.75, 3.05) is 45.9 Å². The normalized spacial score (nSPS) is 19.5. The lowest BCUT2D eigenvalue weighted by molar-refractivity contribution is -0.116. The highest BCUT2D eigenvalue weighted by molar-refractivity contribution is 7.76. The number of aromatic nitrogens is 1. The number of morpholine rings is 1. The van der Waals surface area contributed by atoms with Gasteiger partial charge in [-0.2, -0.15) is 4.31 Å². The van der Waals surface area contributed by atoms with Crippen molar-refractivity contribution in [2.45, 2.75) is 76.2 Å². The lowest BCUT2D eigenvalue weighted by atomic mass is 9.78. The zero-order chi connectivity index (χ0) is 25.5. The number of hydrogen-bond donors (Lipinski definition) is 2. The molecule has 202 valence electrons. The molecule has 0 aromatic carbocycles. The Labute approximate surface area is 219 Å². The molecule has 1 aromatic heterocycles. The molecular formula is C27H44N4O4S. The Hall–Kier alpha value is -1.65. The molecule has 1 atom stereocenters. The van der Waals surface area contributed by atoms with Gasteiger partial charge < -0.3 is 10.1 Å². The van der Waals surface area contributed by atoms with Gasteiger partial charge in [-0.3, -0.25) is 19.2 Å². The lowest BCUT2D eigenvalue weighted by Gasteiger charge is -2.45. The predicted molar refractivity (Wildman–Crippen MR) is 145 cm³/mol. The molecular weight excluding hydrogens is 476 g/mol. The maximum atomic E-state index is 12.4. The summed E-state index contributed by atoms with van der Waals surface area (Å²) in [5.74, 6) is -0.1000. The van der Waals surface area contributed by atoms with E-state index in [2.05, 4.69) is 15.2 Å². The minimum absolute atomic E-state index is 0.1000. The molecule has 1 unspecified atom stereocenters. The Kier molecular flexibility index (Phi) is 13.0. The zero-order valence-corrected chi connectivity index (χ0v) is 22.4. The molecule has 2 fully saturated rings. The maximum absolute atomic E-state index is 12.4. The number of ether oxygens (including phenoxy) is 1. The first kappa shape index (κ1) is 28.9. The van der Waals surface area contributed by atoms with E-state index in [4.69, 9.17) is 4.74 Å². The summed E-state index contributed by atoms with van der Waals surface area (Å²) in [5, 5.41) is 2.92. The van der Waals surface area contributed by atoms with Crippen molar-refractivity contribution in [3.63, 3.8) is 0 Å². The van der Waals surface area contributed by atoms with Gasteiger partial charge in [-0.05, 0) is 62.8 Å². The first-order valence-corrected chi connectivity index (χ1v) is 14.7. The standard InChI is InChI=1S/C27H44N4O4S/c32-26(12-11-25-10-8-16-28-24-25)29-17-6-1-2-7-19-31(36(33)34)27(13-4-3-5-14-27)15-9-18-30-20-22-35-23-21-30/h8,10-12,16,24H,1-7,9,13-15,17-23H2,(H,29,32)(H,33,34)/b12-11+. The van der Waals surface area contributed by atoms with E-state index in [-0.39, 0.29) is 11.4 Å². The average Bonchev–Trinajstić information content (AvgIpc) is 2.90. The minimum atomic E-state index is -1.95. The smallest absolute Gasteiger partial charge is 0.243 e. The number of rotatable bonds is 15. The van der Waals surface area contributed by atoms with E-state index in [0.29, 0.717) is 13.1 Å². The molecule has 2 heterocycles. The monoisotopic (exact) mass is 520 g/mol. The van der Waals surface area contributed by atoms with Gasteiger partial charge in [-0.1, -0.05) is 38.2 Å². The van der Waals surface area contributed by atoms with Crippen LogP contribution in [0.15, 0.2) is 30.6 Å². The number of nitrogens with zero attached hydrogens (tertiary/aromatic N) is 3. The quantitative estimate of drug-likeness (QED) is 0.206. The molecule has 1 aliphatic heterocycles. The van der Waals surface area contributed by atoms with Crippen LogP contribution in [0.4, 0.5) is 0 Å². The largest absolute Gasteiger partial charge is 0.379 e. The van der Waals surface area contributed by atoms with Crippen LogP contribution in [0, 0.1) is 0 Å². The summed E-state index contributed by atoms with van der Waals surface area (Å²) in [6, 6.07) is 3.74. The molecule has 8 nitrogen and oxygen atoms in total. The van der Waals surface area contributed by atoms with Crippen LogP contribution in [0.1, 0.15) is 76.2 Å². The summed E-state index contributed by atoms with van der Waals surface area (Å²) in [6.45, 7) is 5.93. The fourth-order valence-corrected chi connectivity index (χ4v) is 6.31. The van der Waals surface area contributed by atoms with Crippen LogP contribution in [0.5, 0.6) is 0 Å². The fourth-order valence-electron chi connectivity index (χ4n) is 5.42. The van der Waals surface area contributed by atoms with Crippen LogP contribution in [0.3, 0.4) is 0 Å². The van der Waals surface area contributed by atoms with E-state index < -0.39 is 11.3 Å². The van der Waals surface area contributed by atoms with Crippen LogP contribution in [-0.4, -0.2) is 80.3 Å². The third kappa shape index (κ3) is 10.0. The molecule has 9 heteroatoms. The molecule has 36 heavy (non-hydrogen) atoms. The number of nitrogens with one attached hydrogen (secondary N) is 1. The van der Waals surface area contributed by atoms with E-state index in [9.17, 15) is 13.6 Å². The number of carbonyl (C=O) groups excluding carboxylic acids is 1. The van der Waals surface area contributed by atoms with Crippen molar-refractivity contribution in [1.82, 2.24) is 19.5 Å². The second-order valence-corrected chi connectivity index (χ2v) is 10.9. The van der Waals surface area contributed by atoms with E-state index in [1.165, 1.54) is 12.5 Å². The van der Waals surface area contributed by atoms with Gasteiger partial charge in [-0.15, -0.1) is 0 Å². The molecule has 2 N–H and O–H groups in total. The molecule has 0 radical (unpaired) electrons.